The predicted octanol–water partition coefficient (Wildman–Crippen LogP) is 4.87. The number of nitrogens with zero attached hydrogens (tertiary/aromatic N) is 2. The van der Waals surface area contributed by atoms with Gasteiger partial charge in [-0.25, -0.2) is 4.98 Å². The Labute approximate surface area is 156 Å². The first-order valence-corrected chi connectivity index (χ1v) is 9.91. The van der Waals surface area contributed by atoms with Crippen molar-refractivity contribution >= 4 is 29.0 Å². The van der Waals surface area contributed by atoms with Crippen molar-refractivity contribution in [2.45, 2.75) is 17.8 Å². The number of hydrogen-bond donors (Lipinski definition) is 0. The molecule has 3 aromatic rings. The molecule has 0 bridgehead atoms. The number of aromatic nitrogens is 1. The highest BCUT2D eigenvalue weighted by Gasteiger charge is 2.12. The maximum atomic E-state index is 12.3. The van der Waals surface area contributed by atoms with Crippen LogP contribution in [-0.2, 0) is 11.3 Å². The molecule has 0 fully saturated rings. The van der Waals surface area contributed by atoms with Crippen LogP contribution in [0.3, 0.4) is 0 Å². The summed E-state index contributed by atoms with van der Waals surface area (Å²) in [6.45, 7) is 2.69. The van der Waals surface area contributed by atoms with Crippen LogP contribution in [0.5, 0.6) is 0 Å². The standard InChI is InChI=1S/C20H20N2OS2/c1-15-8-10-16(11-9-15)12-22(2)19(23)14-25-20-21-18(13-24-20)17-6-4-3-5-7-17/h3-11,13H,12,14H2,1-2H3. The third kappa shape index (κ3) is 4.94. The molecule has 1 amide bonds. The highest BCUT2D eigenvalue weighted by atomic mass is 32.2. The van der Waals surface area contributed by atoms with Crippen molar-refractivity contribution in [1.29, 1.82) is 0 Å². The molecule has 0 radical (unpaired) electrons. The van der Waals surface area contributed by atoms with Crippen molar-refractivity contribution in [2.24, 2.45) is 0 Å². The summed E-state index contributed by atoms with van der Waals surface area (Å²) in [5.74, 6) is 0.520. The van der Waals surface area contributed by atoms with E-state index in [9.17, 15) is 4.79 Å². The largest absolute Gasteiger partial charge is 0.341 e. The number of rotatable bonds is 6. The van der Waals surface area contributed by atoms with Crippen LogP contribution in [0.15, 0.2) is 64.3 Å². The van der Waals surface area contributed by atoms with Crippen LogP contribution < -0.4 is 0 Å². The van der Waals surface area contributed by atoms with Gasteiger partial charge in [-0.15, -0.1) is 11.3 Å². The number of amides is 1. The molecule has 1 aromatic heterocycles. The first kappa shape index (κ1) is 17.7. The molecule has 25 heavy (non-hydrogen) atoms. The molecular formula is C20H20N2OS2. The van der Waals surface area contributed by atoms with Crippen molar-refractivity contribution in [3.05, 3.63) is 71.1 Å². The van der Waals surface area contributed by atoms with Gasteiger partial charge in [0.2, 0.25) is 5.91 Å². The van der Waals surface area contributed by atoms with Crippen LogP contribution in [0.1, 0.15) is 11.1 Å². The van der Waals surface area contributed by atoms with E-state index in [-0.39, 0.29) is 5.91 Å². The van der Waals surface area contributed by atoms with E-state index < -0.39 is 0 Å². The summed E-state index contributed by atoms with van der Waals surface area (Å²) in [5.41, 5.74) is 4.44. The molecule has 3 nitrogen and oxygen atoms in total. The molecule has 128 valence electrons. The minimum absolute atomic E-state index is 0.113. The van der Waals surface area contributed by atoms with Gasteiger partial charge < -0.3 is 4.90 Å². The first-order valence-electron chi connectivity index (χ1n) is 8.05. The Morgan fingerprint density at radius 1 is 1.12 bits per heavy atom. The monoisotopic (exact) mass is 368 g/mol. The van der Waals surface area contributed by atoms with Crippen molar-refractivity contribution in [3.8, 4) is 11.3 Å². The fourth-order valence-electron chi connectivity index (χ4n) is 2.35. The van der Waals surface area contributed by atoms with Gasteiger partial charge in [-0.2, -0.15) is 0 Å². The summed E-state index contributed by atoms with van der Waals surface area (Å²) in [5, 5.41) is 2.04. The van der Waals surface area contributed by atoms with E-state index in [1.807, 2.05) is 42.8 Å². The van der Waals surface area contributed by atoms with Crippen molar-refractivity contribution in [3.63, 3.8) is 0 Å². The van der Waals surface area contributed by atoms with E-state index in [0.717, 1.165) is 21.2 Å². The molecule has 0 atom stereocenters. The number of thiazole rings is 1. The van der Waals surface area contributed by atoms with Crippen LogP contribution in [-0.4, -0.2) is 28.6 Å². The van der Waals surface area contributed by atoms with Gasteiger partial charge in [-0.3, -0.25) is 4.79 Å². The zero-order valence-electron chi connectivity index (χ0n) is 14.3. The normalized spacial score (nSPS) is 10.6. The molecule has 0 aliphatic rings. The lowest BCUT2D eigenvalue weighted by atomic mass is 10.1. The lowest BCUT2D eigenvalue weighted by Crippen LogP contribution is -2.27. The third-order valence-electron chi connectivity index (χ3n) is 3.84. The van der Waals surface area contributed by atoms with E-state index in [2.05, 4.69) is 36.2 Å². The minimum Gasteiger partial charge on any atom is -0.341 e. The lowest BCUT2D eigenvalue weighted by molar-refractivity contribution is -0.127. The Balaban J connectivity index is 1.53. The third-order valence-corrected chi connectivity index (χ3v) is 5.84. The van der Waals surface area contributed by atoms with Crippen molar-refractivity contribution in [1.82, 2.24) is 9.88 Å². The van der Waals surface area contributed by atoms with Crippen molar-refractivity contribution in [2.75, 3.05) is 12.8 Å². The van der Waals surface area contributed by atoms with E-state index in [1.54, 1.807) is 16.2 Å². The number of carbonyl (C=O) groups excluding carboxylic acids is 1. The topological polar surface area (TPSA) is 33.2 Å². The van der Waals surface area contributed by atoms with Gasteiger partial charge >= 0.3 is 0 Å². The van der Waals surface area contributed by atoms with Crippen molar-refractivity contribution < 1.29 is 4.79 Å². The first-order chi connectivity index (χ1) is 12.1. The predicted molar refractivity (Wildman–Crippen MR) is 106 cm³/mol. The fraction of sp³-hybridized carbons (Fsp3) is 0.200. The van der Waals surface area contributed by atoms with Gasteiger partial charge in [0.1, 0.15) is 0 Å². The summed E-state index contributed by atoms with van der Waals surface area (Å²) in [7, 11) is 1.85. The molecule has 0 aliphatic heterocycles. The Hall–Kier alpha value is -2.11. The highest BCUT2D eigenvalue weighted by Crippen LogP contribution is 2.28. The molecule has 0 saturated heterocycles. The van der Waals surface area contributed by atoms with Gasteiger partial charge in [-0.05, 0) is 12.5 Å². The Morgan fingerprint density at radius 3 is 2.56 bits per heavy atom. The summed E-state index contributed by atoms with van der Waals surface area (Å²) in [4.78, 5) is 18.7. The second-order valence-electron chi connectivity index (χ2n) is 5.89. The quantitative estimate of drug-likeness (QED) is 0.582. The molecule has 2 aromatic carbocycles. The molecule has 5 heteroatoms. The molecular weight excluding hydrogens is 348 g/mol. The van der Waals surface area contributed by atoms with Crippen LogP contribution in [0.25, 0.3) is 11.3 Å². The van der Waals surface area contributed by atoms with Gasteiger partial charge in [0.15, 0.2) is 4.34 Å². The van der Waals surface area contributed by atoms with Crippen LogP contribution in [0.4, 0.5) is 0 Å². The lowest BCUT2D eigenvalue weighted by Gasteiger charge is -2.16. The summed E-state index contributed by atoms with van der Waals surface area (Å²) < 4.78 is 0.927. The summed E-state index contributed by atoms with van der Waals surface area (Å²) in [6.07, 6.45) is 0. The number of aryl methyl sites for hydroxylation is 1. The van der Waals surface area contributed by atoms with Crippen LogP contribution in [0.2, 0.25) is 0 Å². The average molecular weight is 369 g/mol. The Morgan fingerprint density at radius 2 is 1.84 bits per heavy atom. The minimum atomic E-state index is 0.113. The van der Waals surface area contributed by atoms with E-state index in [4.69, 9.17) is 0 Å². The number of benzene rings is 2. The maximum Gasteiger partial charge on any atom is 0.233 e. The zero-order valence-corrected chi connectivity index (χ0v) is 15.9. The van der Waals surface area contributed by atoms with Gasteiger partial charge in [0.25, 0.3) is 0 Å². The number of carbonyl (C=O) groups is 1. The molecule has 0 unspecified atom stereocenters. The highest BCUT2D eigenvalue weighted by molar-refractivity contribution is 8.01. The molecule has 0 aliphatic carbocycles. The fourth-order valence-corrected chi connectivity index (χ4v) is 4.13. The molecule has 0 saturated carbocycles. The van der Waals surface area contributed by atoms with E-state index in [1.165, 1.54) is 17.3 Å². The molecule has 0 spiro atoms. The zero-order chi connectivity index (χ0) is 17.6. The molecule has 0 N–H and O–H groups in total. The van der Waals surface area contributed by atoms with Gasteiger partial charge in [-0.1, -0.05) is 71.9 Å². The average Bonchev–Trinajstić information content (AvgIpc) is 3.11. The second-order valence-corrected chi connectivity index (χ2v) is 7.97. The molecule has 1 heterocycles. The summed E-state index contributed by atoms with van der Waals surface area (Å²) >= 11 is 3.09. The SMILES string of the molecule is Cc1ccc(CN(C)C(=O)CSc2nc(-c3ccccc3)cs2)cc1. The summed E-state index contributed by atoms with van der Waals surface area (Å²) in [6, 6.07) is 18.4. The van der Waals surface area contributed by atoms with E-state index in [0.29, 0.717) is 12.3 Å². The smallest absolute Gasteiger partial charge is 0.233 e. The molecule has 3 rings (SSSR count). The Bertz CT molecular complexity index is 828. The Kier molecular flexibility index (Phi) is 5.89. The van der Waals surface area contributed by atoms with Crippen LogP contribution in [0, 0.1) is 6.92 Å². The second kappa shape index (κ2) is 8.32. The van der Waals surface area contributed by atoms with Gasteiger partial charge in [0, 0.05) is 24.5 Å². The maximum absolute atomic E-state index is 12.3. The van der Waals surface area contributed by atoms with Crippen LogP contribution >= 0.6 is 23.1 Å². The number of hydrogen-bond acceptors (Lipinski definition) is 4. The van der Waals surface area contributed by atoms with Gasteiger partial charge in [0.05, 0.1) is 11.4 Å². The van der Waals surface area contributed by atoms with E-state index >= 15 is 0 Å². The number of thioether (sulfide) groups is 1.